The van der Waals surface area contributed by atoms with Crippen LogP contribution >= 0.6 is 11.6 Å². The third kappa shape index (κ3) is 10.4. The van der Waals surface area contributed by atoms with E-state index in [9.17, 15) is 23.3 Å². The van der Waals surface area contributed by atoms with E-state index < -0.39 is 25.7 Å². The van der Waals surface area contributed by atoms with E-state index in [2.05, 4.69) is 62.3 Å². The first-order valence-electron chi connectivity index (χ1n) is 23.1. The Bertz CT molecular complexity index is 2770. The Morgan fingerprint density at radius 2 is 1.85 bits per heavy atom. The van der Waals surface area contributed by atoms with Crippen molar-refractivity contribution in [1.29, 1.82) is 0 Å². The highest BCUT2D eigenvalue weighted by Crippen LogP contribution is 2.44. The van der Waals surface area contributed by atoms with Crippen LogP contribution in [0.5, 0.6) is 17.2 Å². The molecule has 3 aliphatic heterocycles. The van der Waals surface area contributed by atoms with Gasteiger partial charge in [0.2, 0.25) is 0 Å². The van der Waals surface area contributed by atoms with Crippen molar-refractivity contribution >= 4 is 55.5 Å². The predicted molar refractivity (Wildman–Crippen MR) is 257 cm³/mol. The maximum Gasteiger partial charge on any atom is 0.277 e. The second-order valence-corrected chi connectivity index (χ2v) is 21.5. The van der Waals surface area contributed by atoms with Crippen LogP contribution in [0.1, 0.15) is 80.8 Å². The number of nitro groups is 1. The molecule has 0 radical (unpaired) electrons. The second-order valence-electron chi connectivity index (χ2n) is 19.4. The van der Waals surface area contributed by atoms with Crippen molar-refractivity contribution < 1.29 is 27.6 Å². The maximum atomic E-state index is 14.1. The fourth-order valence-corrected chi connectivity index (χ4v) is 11.2. The Labute approximate surface area is 391 Å². The first-order valence-corrected chi connectivity index (χ1v) is 25.0. The number of carbonyl (C=O) groups is 1. The molecule has 5 aromatic rings. The van der Waals surface area contributed by atoms with E-state index in [-0.39, 0.29) is 34.1 Å². The summed E-state index contributed by atoms with van der Waals surface area (Å²) in [6, 6.07) is 19.2. The number of fused-ring (bicyclic) bond motifs is 2. The molecule has 1 aliphatic carbocycles. The summed E-state index contributed by atoms with van der Waals surface area (Å²) in [5.41, 5.74) is 5.80. The molecule has 66 heavy (non-hydrogen) atoms. The zero-order chi connectivity index (χ0) is 46.2. The number of ether oxygens (including phenoxy) is 2. The molecule has 0 bridgehead atoms. The number of aromatic amines is 1. The van der Waals surface area contributed by atoms with E-state index in [1.54, 1.807) is 30.5 Å². The Balaban J connectivity index is 0.924. The highest BCUT2D eigenvalue weighted by molar-refractivity contribution is 7.90. The SMILES string of the molecule is C[C@@H]1CCCN(CC[C@@H]2COc3cc(S(=O)(=O)NC(=O)c4ccc(N5CCN(CC6=C(c7ccc(Cl)cc7)CC(C)(C)CC6)CC5)cc4Oc4cnc5[nH]ccc5c4)cc([N+](=O)[O-])c3C2)C1. The number of H-pyrrole nitrogens is 1. The smallest absolute Gasteiger partial charge is 0.277 e. The number of nitrogens with one attached hydrogen (secondary N) is 2. The van der Waals surface area contributed by atoms with E-state index in [4.69, 9.17) is 21.1 Å². The maximum absolute atomic E-state index is 14.1. The summed E-state index contributed by atoms with van der Waals surface area (Å²) in [5.74, 6) is 0.369. The Hall–Kier alpha value is -5.48. The van der Waals surface area contributed by atoms with E-state index >= 15 is 0 Å². The van der Waals surface area contributed by atoms with Gasteiger partial charge in [0, 0.05) is 79.8 Å². The lowest BCUT2D eigenvalue weighted by molar-refractivity contribution is -0.386. The Morgan fingerprint density at radius 1 is 1.05 bits per heavy atom. The van der Waals surface area contributed by atoms with Crippen molar-refractivity contribution in [2.45, 2.75) is 70.6 Å². The van der Waals surface area contributed by atoms with Crippen molar-refractivity contribution in [3.8, 4) is 17.2 Å². The third-order valence-corrected chi connectivity index (χ3v) is 15.4. The molecule has 2 fully saturated rings. The summed E-state index contributed by atoms with van der Waals surface area (Å²) in [5, 5.41) is 13.9. The number of hydrogen-bond acceptors (Lipinski definition) is 11. The Kier molecular flexibility index (Phi) is 13.2. The van der Waals surface area contributed by atoms with E-state index in [1.807, 2.05) is 18.2 Å². The van der Waals surface area contributed by atoms with Gasteiger partial charge in [-0.05, 0) is 123 Å². The second kappa shape index (κ2) is 19.0. The molecule has 9 rings (SSSR count). The topological polar surface area (TPSA) is 163 Å². The fourth-order valence-electron chi connectivity index (χ4n) is 10.1. The number of aromatic nitrogens is 2. The van der Waals surface area contributed by atoms with Gasteiger partial charge in [-0.25, -0.2) is 18.1 Å². The quantitative estimate of drug-likeness (QED) is 0.0854. The fraction of sp³-hybridized carbons (Fsp3) is 0.440. The minimum Gasteiger partial charge on any atom is -0.493 e. The van der Waals surface area contributed by atoms with Crippen LogP contribution in [-0.4, -0.2) is 98.0 Å². The number of sulfonamides is 1. The predicted octanol–water partition coefficient (Wildman–Crippen LogP) is 9.49. The molecule has 0 unspecified atom stereocenters. The molecule has 2 N–H and O–H groups in total. The lowest BCUT2D eigenvalue weighted by Crippen LogP contribution is -2.47. The zero-order valence-electron chi connectivity index (χ0n) is 37.9. The summed E-state index contributed by atoms with van der Waals surface area (Å²) in [6.07, 6.45) is 10.1. The lowest BCUT2D eigenvalue weighted by Gasteiger charge is -2.39. The number of likely N-dealkylation sites (tertiary alicyclic amines) is 1. The molecular weight excluding hydrogens is 878 g/mol. The Morgan fingerprint density at radius 3 is 2.62 bits per heavy atom. The minimum absolute atomic E-state index is 0.0355. The number of carbonyl (C=O) groups excluding carboxylic acids is 1. The van der Waals surface area contributed by atoms with Crippen LogP contribution in [0.3, 0.4) is 0 Å². The lowest BCUT2D eigenvalue weighted by atomic mass is 9.72. The number of hydrogen-bond donors (Lipinski definition) is 2. The van der Waals surface area contributed by atoms with Crippen molar-refractivity contribution in [2.75, 3.05) is 63.9 Å². The third-order valence-electron chi connectivity index (χ3n) is 13.8. The van der Waals surface area contributed by atoms with Crippen LogP contribution < -0.4 is 19.1 Å². The number of nitro benzene ring substituents is 1. The van der Waals surface area contributed by atoms with Gasteiger partial charge in [0.25, 0.3) is 21.6 Å². The molecule has 16 heteroatoms. The number of halogens is 1. The van der Waals surface area contributed by atoms with Gasteiger partial charge in [0.05, 0.1) is 33.7 Å². The van der Waals surface area contributed by atoms with Gasteiger partial charge in [0.15, 0.2) is 0 Å². The van der Waals surface area contributed by atoms with Gasteiger partial charge in [-0.15, -0.1) is 0 Å². The van der Waals surface area contributed by atoms with E-state index in [0.29, 0.717) is 35.9 Å². The molecule has 3 aromatic carbocycles. The van der Waals surface area contributed by atoms with Crippen LogP contribution in [0.15, 0.2) is 89.6 Å². The van der Waals surface area contributed by atoms with Gasteiger partial charge in [-0.1, -0.05) is 50.1 Å². The first kappa shape index (κ1) is 45.7. The number of allylic oxidation sites excluding steroid dienone is 1. The summed E-state index contributed by atoms with van der Waals surface area (Å²) in [6.45, 7) is 14.2. The number of anilines is 1. The van der Waals surface area contributed by atoms with Gasteiger partial charge in [0.1, 0.15) is 22.9 Å². The normalized spacial score (nSPS) is 20.5. The molecule has 4 aliphatic rings. The standard InChI is InChI=1S/C50H58ClN7O7S/c1-33-5-4-17-55(30-33)18-14-34-23-43-45(58(60)61)26-41(27-46(43)64-32-34)66(62,63)54-49(59)42-11-10-39(25-47(42)65-40-24-36-13-16-52-48(36)53-29-40)57-21-19-56(20-22-57)31-37-12-15-50(2,3)28-44(37)35-6-8-38(51)9-7-35/h6-11,13,16,24-27,29,33-34H,4-5,12,14-15,17-23,28,30-32H2,1-3H3,(H,52,53)(H,54,59)/t33-,34+/m1/s1. The van der Waals surface area contributed by atoms with E-state index in [0.717, 1.165) is 107 Å². The summed E-state index contributed by atoms with van der Waals surface area (Å²) >= 11 is 6.26. The number of rotatable bonds is 13. The first-order chi connectivity index (χ1) is 31.7. The highest BCUT2D eigenvalue weighted by atomic mass is 35.5. The van der Waals surface area contributed by atoms with Gasteiger partial charge in [-0.3, -0.25) is 19.8 Å². The molecule has 2 saturated heterocycles. The molecule has 2 atom stereocenters. The summed E-state index contributed by atoms with van der Waals surface area (Å²) < 4.78 is 42.5. The van der Waals surface area contributed by atoms with Gasteiger partial charge >= 0.3 is 0 Å². The van der Waals surface area contributed by atoms with Crippen molar-refractivity contribution in [2.24, 2.45) is 17.3 Å². The minimum atomic E-state index is -4.62. The molecule has 1 amide bonds. The van der Waals surface area contributed by atoms with Crippen LogP contribution in [0, 0.1) is 27.4 Å². The number of amides is 1. The van der Waals surface area contributed by atoms with Crippen LogP contribution in [0.25, 0.3) is 16.6 Å². The molecule has 5 heterocycles. The number of piperidine rings is 1. The molecule has 0 spiro atoms. The average Bonchev–Trinajstić information content (AvgIpc) is 3.77. The number of pyridine rings is 1. The largest absolute Gasteiger partial charge is 0.493 e. The zero-order valence-corrected chi connectivity index (χ0v) is 39.4. The monoisotopic (exact) mass is 935 g/mol. The van der Waals surface area contributed by atoms with Gasteiger partial charge in [-0.2, -0.15) is 0 Å². The van der Waals surface area contributed by atoms with Gasteiger partial charge < -0.3 is 24.3 Å². The summed E-state index contributed by atoms with van der Waals surface area (Å²) in [7, 11) is -4.62. The molecule has 14 nitrogen and oxygen atoms in total. The van der Waals surface area contributed by atoms with Crippen molar-refractivity contribution in [1.82, 2.24) is 24.5 Å². The number of nitrogens with zero attached hydrogens (tertiary/aromatic N) is 5. The number of piperazine rings is 1. The van der Waals surface area contributed by atoms with Crippen LogP contribution in [0.2, 0.25) is 5.02 Å². The van der Waals surface area contributed by atoms with E-state index in [1.165, 1.54) is 35.4 Å². The molecule has 348 valence electrons. The molecule has 2 aromatic heterocycles. The number of benzene rings is 3. The summed E-state index contributed by atoms with van der Waals surface area (Å²) in [4.78, 5) is 40.2. The van der Waals surface area contributed by atoms with Crippen LogP contribution in [-0.2, 0) is 16.4 Å². The highest BCUT2D eigenvalue weighted by Gasteiger charge is 2.34. The molecule has 0 saturated carbocycles. The molecular formula is C50H58ClN7O7S. The van der Waals surface area contributed by atoms with Crippen molar-refractivity contribution in [3.05, 3.63) is 117 Å². The average molecular weight is 937 g/mol. The van der Waals surface area contributed by atoms with Crippen molar-refractivity contribution in [3.63, 3.8) is 0 Å². The van der Waals surface area contributed by atoms with Crippen LogP contribution in [0.4, 0.5) is 11.4 Å².